The first kappa shape index (κ1) is 17.4. The number of aromatic amines is 1. The summed E-state index contributed by atoms with van der Waals surface area (Å²) >= 11 is 0. The molecule has 0 fully saturated rings. The lowest BCUT2D eigenvalue weighted by atomic mass is 10.1. The molecule has 4 aromatic rings. The molecular formula is C21H16N4O3. The topological polar surface area (TPSA) is 104 Å². The van der Waals surface area contributed by atoms with Gasteiger partial charge >= 0.3 is 0 Å². The monoisotopic (exact) mass is 372 g/mol. The molecular weight excluding hydrogens is 356 g/mol. The van der Waals surface area contributed by atoms with E-state index in [-0.39, 0.29) is 11.4 Å². The second-order valence-electron chi connectivity index (χ2n) is 6.41. The third kappa shape index (κ3) is 3.45. The highest BCUT2D eigenvalue weighted by molar-refractivity contribution is 5.84. The summed E-state index contributed by atoms with van der Waals surface area (Å²) in [5.41, 5.74) is 4.78. The van der Waals surface area contributed by atoms with Crippen molar-refractivity contribution in [2.24, 2.45) is 4.99 Å². The molecule has 0 bridgehead atoms. The maximum Gasteiger partial charge on any atom is 0.269 e. The van der Waals surface area contributed by atoms with E-state index in [1.807, 2.05) is 25.1 Å². The standard InChI is InChI=1S/C21H16N4O3/c1-13-2-8-18-19(10-13)24-21(23-18)17-11-15(5-9-20(17)26)22-12-14-3-6-16(7-4-14)25(27)28/h2-12,26H,1H3,(H,23,24). The van der Waals surface area contributed by atoms with Crippen molar-refractivity contribution in [1.82, 2.24) is 9.97 Å². The Balaban J connectivity index is 1.65. The molecule has 138 valence electrons. The van der Waals surface area contributed by atoms with Crippen molar-refractivity contribution in [1.29, 1.82) is 0 Å². The molecule has 7 nitrogen and oxygen atoms in total. The van der Waals surface area contributed by atoms with Crippen LogP contribution in [-0.4, -0.2) is 26.2 Å². The lowest BCUT2D eigenvalue weighted by molar-refractivity contribution is -0.384. The molecule has 0 saturated heterocycles. The molecule has 4 rings (SSSR count). The largest absolute Gasteiger partial charge is 0.507 e. The van der Waals surface area contributed by atoms with E-state index in [9.17, 15) is 15.2 Å². The zero-order chi connectivity index (χ0) is 19.7. The molecule has 7 heteroatoms. The van der Waals surface area contributed by atoms with Crippen molar-refractivity contribution in [3.63, 3.8) is 0 Å². The fraction of sp³-hybridized carbons (Fsp3) is 0.0476. The van der Waals surface area contributed by atoms with Crippen molar-refractivity contribution in [3.05, 3.63) is 81.9 Å². The summed E-state index contributed by atoms with van der Waals surface area (Å²) < 4.78 is 0. The van der Waals surface area contributed by atoms with E-state index >= 15 is 0 Å². The minimum atomic E-state index is -0.442. The number of nitro benzene ring substituents is 1. The fourth-order valence-electron chi connectivity index (χ4n) is 2.88. The first-order chi connectivity index (χ1) is 13.5. The van der Waals surface area contributed by atoms with Gasteiger partial charge < -0.3 is 10.1 Å². The van der Waals surface area contributed by atoms with E-state index in [2.05, 4.69) is 15.0 Å². The van der Waals surface area contributed by atoms with Gasteiger partial charge in [-0.2, -0.15) is 0 Å². The van der Waals surface area contributed by atoms with E-state index < -0.39 is 4.92 Å². The third-order valence-corrected chi connectivity index (χ3v) is 4.34. The van der Waals surface area contributed by atoms with Crippen molar-refractivity contribution in [3.8, 4) is 17.1 Å². The zero-order valence-corrected chi connectivity index (χ0v) is 15.0. The first-order valence-corrected chi connectivity index (χ1v) is 8.58. The van der Waals surface area contributed by atoms with Crippen LogP contribution < -0.4 is 0 Å². The minimum Gasteiger partial charge on any atom is -0.507 e. The van der Waals surface area contributed by atoms with Gasteiger partial charge in [-0.15, -0.1) is 0 Å². The molecule has 0 unspecified atom stereocenters. The van der Waals surface area contributed by atoms with E-state index in [4.69, 9.17) is 0 Å². The van der Waals surface area contributed by atoms with Crippen LogP contribution >= 0.6 is 0 Å². The average Bonchev–Trinajstić information content (AvgIpc) is 3.10. The smallest absolute Gasteiger partial charge is 0.269 e. The second kappa shape index (κ2) is 6.96. The molecule has 0 aliphatic carbocycles. The van der Waals surface area contributed by atoms with Crippen molar-refractivity contribution in [2.45, 2.75) is 6.92 Å². The predicted octanol–water partition coefficient (Wildman–Crippen LogP) is 4.90. The van der Waals surface area contributed by atoms with E-state index in [0.717, 1.165) is 22.2 Å². The summed E-state index contributed by atoms with van der Waals surface area (Å²) in [5.74, 6) is 0.663. The molecule has 1 heterocycles. The molecule has 0 aliphatic rings. The van der Waals surface area contributed by atoms with Gasteiger partial charge in [0.15, 0.2) is 0 Å². The number of non-ortho nitro benzene ring substituents is 1. The number of fused-ring (bicyclic) bond motifs is 1. The Kier molecular flexibility index (Phi) is 4.33. The lowest BCUT2D eigenvalue weighted by Gasteiger charge is -2.03. The molecule has 0 spiro atoms. The number of aliphatic imine (C=N–C) groups is 1. The van der Waals surface area contributed by atoms with Gasteiger partial charge in [-0.05, 0) is 60.5 Å². The number of aromatic nitrogens is 2. The Morgan fingerprint density at radius 2 is 1.89 bits per heavy atom. The van der Waals surface area contributed by atoms with Gasteiger partial charge in [0.1, 0.15) is 11.6 Å². The van der Waals surface area contributed by atoms with Crippen LogP contribution in [0.5, 0.6) is 5.75 Å². The Hall–Kier alpha value is -4.00. The highest BCUT2D eigenvalue weighted by atomic mass is 16.6. The number of nitro groups is 1. The van der Waals surface area contributed by atoms with Crippen molar-refractivity contribution in [2.75, 3.05) is 0 Å². The Morgan fingerprint density at radius 1 is 1.11 bits per heavy atom. The number of phenols is 1. The lowest BCUT2D eigenvalue weighted by Crippen LogP contribution is -1.88. The number of hydrogen-bond donors (Lipinski definition) is 2. The molecule has 28 heavy (non-hydrogen) atoms. The molecule has 0 radical (unpaired) electrons. The number of phenolic OH excluding ortho intramolecular Hbond substituents is 1. The first-order valence-electron chi connectivity index (χ1n) is 8.58. The summed E-state index contributed by atoms with van der Waals surface area (Å²) in [6.45, 7) is 2.00. The number of rotatable bonds is 4. The Morgan fingerprint density at radius 3 is 2.64 bits per heavy atom. The zero-order valence-electron chi connectivity index (χ0n) is 15.0. The number of aryl methyl sites for hydroxylation is 1. The number of imidazole rings is 1. The number of nitrogens with zero attached hydrogens (tertiary/aromatic N) is 3. The highest BCUT2D eigenvalue weighted by Gasteiger charge is 2.11. The van der Waals surface area contributed by atoms with Gasteiger partial charge in [0.25, 0.3) is 5.69 Å². The van der Waals surface area contributed by atoms with Gasteiger partial charge in [-0.1, -0.05) is 6.07 Å². The van der Waals surface area contributed by atoms with Crippen molar-refractivity contribution < 1.29 is 10.0 Å². The molecule has 0 aliphatic heterocycles. The Labute approximate surface area is 160 Å². The van der Waals surface area contributed by atoms with Crippen LogP contribution in [-0.2, 0) is 0 Å². The van der Waals surface area contributed by atoms with Gasteiger partial charge in [0, 0.05) is 18.3 Å². The summed E-state index contributed by atoms with van der Waals surface area (Å²) in [6.07, 6.45) is 1.61. The molecule has 0 saturated carbocycles. The normalized spacial score (nSPS) is 11.3. The van der Waals surface area contributed by atoms with Crippen LogP contribution in [0.4, 0.5) is 11.4 Å². The molecule has 3 aromatic carbocycles. The maximum absolute atomic E-state index is 10.7. The SMILES string of the molecule is Cc1ccc2nc(-c3cc(N=Cc4ccc([N+](=O)[O-])cc4)ccc3O)[nH]c2c1. The van der Waals surface area contributed by atoms with Crippen LogP contribution in [0.3, 0.4) is 0 Å². The molecule has 2 N–H and O–H groups in total. The summed E-state index contributed by atoms with van der Waals surface area (Å²) in [4.78, 5) is 22.4. The highest BCUT2D eigenvalue weighted by Crippen LogP contribution is 2.32. The van der Waals surface area contributed by atoms with Gasteiger partial charge in [0.05, 0.1) is 27.2 Å². The van der Waals surface area contributed by atoms with Crippen LogP contribution in [0, 0.1) is 17.0 Å². The summed E-state index contributed by atoms with van der Waals surface area (Å²) in [5, 5.41) is 21.0. The predicted molar refractivity (Wildman–Crippen MR) is 108 cm³/mol. The quantitative estimate of drug-likeness (QED) is 0.302. The molecule has 0 atom stereocenters. The number of H-pyrrole nitrogens is 1. The van der Waals surface area contributed by atoms with Gasteiger partial charge in [0.2, 0.25) is 0 Å². The maximum atomic E-state index is 10.7. The van der Waals surface area contributed by atoms with Gasteiger partial charge in [-0.3, -0.25) is 15.1 Å². The minimum absolute atomic E-state index is 0.0317. The van der Waals surface area contributed by atoms with E-state index in [1.54, 1.807) is 36.5 Å². The fourth-order valence-corrected chi connectivity index (χ4v) is 2.88. The van der Waals surface area contributed by atoms with Crippen LogP contribution in [0.1, 0.15) is 11.1 Å². The number of hydrogen-bond acceptors (Lipinski definition) is 5. The van der Waals surface area contributed by atoms with E-state index in [0.29, 0.717) is 17.1 Å². The number of aromatic hydroxyl groups is 1. The van der Waals surface area contributed by atoms with Crippen molar-refractivity contribution >= 4 is 28.6 Å². The van der Waals surface area contributed by atoms with Gasteiger partial charge in [-0.25, -0.2) is 4.98 Å². The molecule has 1 aromatic heterocycles. The van der Waals surface area contributed by atoms with E-state index in [1.165, 1.54) is 12.1 Å². The summed E-state index contributed by atoms with van der Waals surface area (Å²) in [7, 11) is 0. The van der Waals surface area contributed by atoms with Crippen LogP contribution in [0.25, 0.3) is 22.4 Å². The summed E-state index contributed by atoms with van der Waals surface area (Å²) in [6, 6.07) is 17.0. The third-order valence-electron chi connectivity index (χ3n) is 4.34. The Bertz CT molecular complexity index is 1210. The van der Waals surface area contributed by atoms with Crippen LogP contribution in [0.2, 0.25) is 0 Å². The average molecular weight is 372 g/mol. The van der Waals surface area contributed by atoms with Crippen LogP contribution in [0.15, 0.2) is 65.7 Å². The number of benzene rings is 3. The molecule has 0 amide bonds. The second-order valence-corrected chi connectivity index (χ2v) is 6.41. The number of nitrogens with one attached hydrogen (secondary N) is 1.